The second-order valence-electron chi connectivity index (χ2n) is 3.99. The Morgan fingerprint density at radius 1 is 1.37 bits per heavy atom. The highest BCUT2D eigenvalue weighted by Crippen LogP contribution is 2.32. The monoisotopic (exact) mass is 268 g/mol. The van der Waals surface area contributed by atoms with Gasteiger partial charge in [0.1, 0.15) is 5.69 Å². The molecule has 19 heavy (non-hydrogen) atoms. The van der Waals surface area contributed by atoms with E-state index in [4.69, 9.17) is 0 Å². The summed E-state index contributed by atoms with van der Waals surface area (Å²) in [6, 6.07) is 4.79. The van der Waals surface area contributed by atoms with Gasteiger partial charge >= 0.3 is 6.18 Å². The molecule has 0 fully saturated rings. The van der Waals surface area contributed by atoms with Crippen molar-refractivity contribution < 1.29 is 18.0 Å². The zero-order valence-electron chi connectivity index (χ0n) is 10.1. The van der Waals surface area contributed by atoms with Crippen LogP contribution in [0.25, 0.3) is 11.3 Å². The van der Waals surface area contributed by atoms with Crippen LogP contribution in [0.2, 0.25) is 0 Å². The average molecular weight is 268 g/mol. The van der Waals surface area contributed by atoms with Gasteiger partial charge in [0.15, 0.2) is 6.29 Å². The summed E-state index contributed by atoms with van der Waals surface area (Å²) < 4.78 is 39.4. The van der Waals surface area contributed by atoms with E-state index in [1.165, 1.54) is 23.0 Å². The third-order valence-electron chi connectivity index (χ3n) is 2.70. The van der Waals surface area contributed by atoms with E-state index >= 15 is 0 Å². The third-order valence-corrected chi connectivity index (χ3v) is 2.70. The molecule has 3 nitrogen and oxygen atoms in total. The van der Waals surface area contributed by atoms with Crippen molar-refractivity contribution in [2.75, 3.05) is 0 Å². The number of carbonyl (C=O) groups is 1. The van der Waals surface area contributed by atoms with Crippen molar-refractivity contribution in [3.63, 3.8) is 0 Å². The normalized spacial score (nSPS) is 11.6. The zero-order valence-corrected chi connectivity index (χ0v) is 10.1. The number of nitrogens with zero attached hydrogens (tertiary/aromatic N) is 2. The highest BCUT2D eigenvalue weighted by atomic mass is 19.4. The fraction of sp³-hybridized carbons (Fsp3) is 0.231. The molecule has 6 heteroatoms. The first-order chi connectivity index (χ1) is 8.95. The standard InChI is InChI=1S/C13H11F3N2O/c1-2-18-7-10(8-19)12(17-18)9-4-3-5-11(6-9)13(14,15)16/h3-8H,2H2,1H3. The van der Waals surface area contributed by atoms with Gasteiger partial charge in [-0.05, 0) is 19.1 Å². The number of carbonyl (C=O) groups excluding carboxylic acids is 1. The topological polar surface area (TPSA) is 34.9 Å². The van der Waals surface area contributed by atoms with Crippen LogP contribution >= 0.6 is 0 Å². The predicted molar refractivity (Wildman–Crippen MR) is 63.7 cm³/mol. The number of aryl methyl sites for hydroxylation is 1. The number of aromatic nitrogens is 2. The van der Waals surface area contributed by atoms with E-state index in [2.05, 4.69) is 5.10 Å². The van der Waals surface area contributed by atoms with Gasteiger partial charge < -0.3 is 0 Å². The van der Waals surface area contributed by atoms with Gasteiger partial charge in [-0.2, -0.15) is 18.3 Å². The van der Waals surface area contributed by atoms with Crippen LogP contribution in [-0.2, 0) is 12.7 Å². The fourth-order valence-corrected chi connectivity index (χ4v) is 1.75. The summed E-state index contributed by atoms with van der Waals surface area (Å²) in [5, 5.41) is 4.11. The first-order valence-corrected chi connectivity index (χ1v) is 5.66. The lowest BCUT2D eigenvalue weighted by Gasteiger charge is -2.07. The molecule has 1 heterocycles. The van der Waals surface area contributed by atoms with Gasteiger partial charge in [0.05, 0.1) is 11.1 Å². The van der Waals surface area contributed by atoms with E-state index in [0.29, 0.717) is 12.8 Å². The quantitative estimate of drug-likeness (QED) is 0.800. The second kappa shape index (κ2) is 4.87. The third kappa shape index (κ3) is 2.67. The summed E-state index contributed by atoms with van der Waals surface area (Å²) in [6.45, 7) is 2.37. The molecule has 0 aliphatic carbocycles. The molecule has 1 aromatic heterocycles. The molecule has 0 N–H and O–H groups in total. The maximum atomic E-state index is 12.6. The van der Waals surface area contributed by atoms with Crippen molar-refractivity contribution in [2.45, 2.75) is 19.6 Å². The van der Waals surface area contributed by atoms with Crippen LogP contribution in [0.15, 0.2) is 30.5 Å². The molecule has 0 spiro atoms. The van der Waals surface area contributed by atoms with Crippen LogP contribution in [0.1, 0.15) is 22.8 Å². The van der Waals surface area contributed by atoms with E-state index in [1.807, 2.05) is 6.92 Å². The lowest BCUT2D eigenvalue weighted by atomic mass is 10.1. The van der Waals surface area contributed by atoms with E-state index in [0.717, 1.165) is 12.1 Å². The molecule has 1 aromatic carbocycles. The SMILES string of the molecule is CCn1cc(C=O)c(-c2cccc(C(F)(F)F)c2)n1. The summed E-state index contributed by atoms with van der Waals surface area (Å²) >= 11 is 0. The minimum atomic E-state index is -4.41. The summed E-state index contributed by atoms with van der Waals surface area (Å²) in [6.07, 6.45) is -2.30. The van der Waals surface area contributed by atoms with Crippen molar-refractivity contribution in [3.8, 4) is 11.3 Å². The van der Waals surface area contributed by atoms with Gasteiger partial charge in [0.25, 0.3) is 0 Å². The van der Waals surface area contributed by atoms with E-state index in [9.17, 15) is 18.0 Å². The number of hydrogen-bond acceptors (Lipinski definition) is 2. The number of halogens is 3. The minimum absolute atomic E-state index is 0.267. The Kier molecular flexibility index (Phi) is 3.42. The predicted octanol–water partition coefficient (Wildman–Crippen LogP) is 3.40. The molecule has 0 aliphatic rings. The highest BCUT2D eigenvalue weighted by Gasteiger charge is 2.30. The molecular formula is C13H11F3N2O. The van der Waals surface area contributed by atoms with E-state index in [-0.39, 0.29) is 16.8 Å². The van der Waals surface area contributed by atoms with Gasteiger partial charge in [0, 0.05) is 18.3 Å². The Morgan fingerprint density at radius 3 is 2.68 bits per heavy atom. The summed E-state index contributed by atoms with van der Waals surface area (Å²) in [5.41, 5.74) is 0.0705. The van der Waals surface area contributed by atoms with Gasteiger partial charge in [-0.25, -0.2) is 0 Å². The van der Waals surface area contributed by atoms with Crippen molar-refractivity contribution in [3.05, 3.63) is 41.6 Å². The van der Waals surface area contributed by atoms with Gasteiger partial charge in [-0.15, -0.1) is 0 Å². The Balaban J connectivity index is 2.53. The smallest absolute Gasteiger partial charge is 0.298 e. The van der Waals surface area contributed by atoms with Crippen molar-refractivity contribution in [1.82, 2.24) is 9.78 Å². The van der Waals surface area contributed by atoms with Crippen LogP contribution in [0.5, 0.6) is 0 Å². The summed E-state index contributed by atoms with van der Waals surface area (Å²) in [5.74, 6) is 0. The number of rotatable bonds is 3. The maximum absolute atomic E-state index is 12.6. The number of hydrogen-bond donors (Lipinski definition) is 0. The number of alkyl halides is 3. The van der Waals surface area contributed by atoms with E-state index in [1.54, 1.807) is 0 Å². The molecule has 2 aromatic rings. The molecule has 100 valence electrons. The number of aldehydes is 1. The van der Waals surface area contributed by atoms with Crippen LogP contribution in [0, 0.1) is 0 Å². The second-order valence-corrected chi connectivity index (χ2v) is 3.99. The lowest BCUT2D eigenvalue weighted by molar-refractivity contribution is -0.137. The van der Waals surface area contributed by atoms with Gasteiger partial charge in [0.2, 0.25) is 0 Å². The minimum Gasteiger partial charge on any atom is -0.298 e. The summed E-state index contributed by atoms with van der Waals surface area (Å²) in [4.78, 5) is 10.9. The van der Waals surface area contributed by atoms with Crippen LogP contribution < -0.4 is 0 Å². The summed E-state index contributed by atoms with van der Waals surface area (Å²) in [7, 11) is 0. The molecule has 0 atom stereocenters. The molecule has 0 saturated heterocycles. The van der Waals surface area contributed by atoms with Crippen molar-refractivity contribution >= 4 is 6.29 Å². The Labute approximate surface area is 107 Å². The van der Waals surface area contributed by atoms with Crippen LogP contribution in [0.4, 0.5) is 13.2 Å². The lowest BCUT2D eigenvalue weighted by Crippen LogP contribution is -2.04. The maximum Gasteiger partial charge on any atom is 0.416 e. The molecule has 0 amide bonds. The average Bonchev–Trinajstić information content (AvgIpc) is 2.81. The molecule has 0 unspecified atom stereocenters. The molecule has 0 aliphatic heterocycles. The Morgan fingerprint density at radius 2 is 2.11 bits per heavy atom. The van der Waals surface area contributed by atoms with Crippen molar-refractivity contribution in [2.24, 2.45) is 0 Å². The van der Waals surface area contributed by atoms with Crippen LogP contribution in [0.3, 0.4) is 0 Å². The molecular weight excluding hydrogens is 257 g/mol. The fourth-order valence-electron chi connectivity index (χ4n) is 1.75. The van der Waals surface area contributed by atoms with Crippen molar-refractivity contribution in [1.29, 1.82) is 0 Å². The first kappa shape index (κ1) is 13.3. The molecule has 0 radical (unpaired) electrons. The number of benzene rings is 1. The van der Waals surface area contributed by atoms with E-state index < -0.39 is 11.7 Å². The van der Waals surface area contributed by atoms with Crippen LogP contribution in [-0.4, -0.2) is 16.1 Å². The highest BCUT2D eigenvalue weighted by molar-refractivity contribution is 5.85. The molecule has 0 saturated carbocycles. The van der Waals surface area contributed by atoms with Gasteiger partial charge in [-0.3, -0.25) is 9.48 Å². The van der Waals surface area contributed by atoms with Gasteiger partial charge in [-0.1, -0.05) is 12.1 Å². The molecule has 2 rings (SSSR count). The Bertz CT molecular complexity index is 602. The zero-order chi connectivity index (χ0) is 14.0. The Hall–Kier alpha value is -2.11. The largest absolute Gasteiger partial charge is 0.416 e. The molecule has 0 bridgehead atoms. The first-order valence-electron chi connectivity index (χ1n) is 5.66.